The summed E-state index contributed by atoms with van der Waals surface area (Å²) in [6, 6.07) is 8.78. The van der Waals surface area contributed by atoms with Gasteiger partial charge in [0.1, 0.15) is 5.82 Å². The zero-order valence-corrected chi connectivity index (χ0v) is 11.4. The molecule has 2 saturated carbocycles. The Morgan fingerprint density at radius 2 is 2.05 bits per heavy atom. The van der Waals surface area contributed by atoms with E-state index in [4.69, 9.17) is 10.7 Å². The molecule has 0 radical (unpaired) electrons. The van der Waals surface area contributed by atoms with Crippen molar-refractivity contribution in [2.75, 3.05) is 0 Å². The van der Waals surface area contributed by atoms with Crippen molar-refractivity contribution in [2.45, 2.75) is 44.7 Å². The largest absolute Gasteiger partial charge is 0.328 e. The van der Waals surface area contributed by atoms with Gasteiger partial charge >= 0.3 is 0 Å². The standard InChI is InChI=1S/C16H21N3/c1-2-19-13-6-4-3-5-12(13)18-16(19)14-10-7-8-11(9-10)15(14)17/h3-6,10-11,14-15H,2,7-9,17H2,1H3. The van der Waals surface area contributed by atoms with E-state index >= 15 is 0 Å². The lowest BCUT2D eigenvalue weighted by atomic mass is 9.84. The van der Waals surface area contributed by atoms with Crippen LogP contribution in [-0.2, 0) is 6.54 Å². The number of nitrogens with zero attached hydrogens (tertiary/aromatic N) is 2. The van der Waals surface area contributed by atoms with Crippen LogP contribution in [0.25, 0.3) is 11.0 Å². The normalized spacial score (nSPS) is 33.4. The lowest BCUT2D eigenvalue weighted by Crippen LogP contribution is -2.35. The van der Waals surface area contributed by atoms with E-state index in [0.717, 1.165) is 23.9 Å². The summed E-state index contributed by atoms with van der Waals surface area (Å²) in [6.07, 6.45) is 3.99. The molecular formula is C16H21N3. The van der Waals surface area contributed by atoms with Crippen molar-refractivity contribution in [1.29, 1.82) is 0 Å². The predicted molar refractivity (Wildman–Crippen MR) is 77.0 cm³/mol. The van der Waals surface area contributed by atoms with Gasteiger partial charge in [-0.2, -0.15) is 0 Å². The number of nitrogens with two attached hydrogens (primary N) is 1. The summed E-state index contributed by atoms with van der Waals surface area (Å²) >= 11 is 0. The Bertz CT molecular complexity index is 613. The van der Waals surface area contributed by atoms with Crippen LogP contribution in [0.15, 0.2) is 24.3 Å². The van der Waals surface area contributed by atoms with E-state index < -0.39 is 0 Å². The van der Waals surface area contributed by atoms with E-state index in [-0.39, 0.29) is 0 Å². The Morgan fingerprint density at radius 1 is 1.26 bits per heavy atom. The Morgan fingerprint density at radius 3 is 2.79 bits per heavy atom. The van der Waals surface area contributed by atoms with Crippen molar-refractivity contribution in [2.24, 2.45) is 17.6 Å². The molecule has 2 aliphatic rings. The SMILES string of the molecule is CCn1c(C2C3CCC(C3)C2N)nc2ccccc21. The van der Waals surface area contributed by atoms with E-state index in [1.807, 2.05) is 0 Å². The number of aryl methyl sites for hydroxylation is 1. The highest BCUT2D eigenvalue weighted by Crippen LogP contribution is 2.52. The minimum absolute atomic E-state index is 0.320. The third kappa shape index (κ3) is 1.51. The Hall–Kier alpha value is -1.35. The number of hydrogen-bond acceptors (Lipinski definition) is 2. The highest BCUT2D eigenvalue weighted by atomic mass is 15.1. The number of rotatable bonds is 2. The average molecular weight is 255 g/mol. The molecule has 0 saturated heterocycles. The van der Waals surface area contributed by atoms with Crippen LogP contribution in [0.2, 0.25) is 0 Å². The van der Waals surface area contributed by atoms with Crippen molar-refractivity contribution in [3.8, 4) is 0 Å². The number of imidazole rings is 1. The van der Waals surface area contributed by atoms with Crippen LogP contribution in [0, 0.1) is 11.8 Å². The summed E-state index contributed by atoms with van der Waals surface area (Å²) in [5.74, 6) is 3.22. The third-order valence-corrected chi connectivity index (χ3v) is 5.28. The van der Waals surface area contributed by atoms with Gasteiger partial charge in [0.15, 0.2) is 0 Å². The van der Waals surface area contributed by atoms with Gasteiger partial charge in [0.05, 0.1) is 11.0 Å². The number of benzene rings is 1. The summed E-state index contributed by atoms with van der Waals surface area (Å²) in [4.78, 5) is 4.92. The van der Waals surface area contributed by atoms with Gasteiger partial charge < -0.3 is 10.3 Å². The van der Waals surface area contributed by atoms with Gasteiger partial charge in [-0.1, -0.05) is 12.1 Å². The van der Waals surface area contributed by atoms with Crippen molar-refractivity contribution in [3.05, 3.63) is 30.1 Å². The smallest absolute Gasteiger partial charge is 0.114 e. The van der Waals surface area contributed by atoms with E-state index in [1.165, 1.54) is 30.6 Å². The van der Waals surface area contributed by atoms with Crippen molar-refractivity contribution in [3.63, 3.8) is 0 Å². The zero-order valence-electron chi connectivity index (χ0n) is 11.4. The molecule has 1 heterocycles. The fourth-order valence-electron chi connectivity index (χ4n) is 4.40. The van der Waals surface area contributed by atoms with Crippen LogP contribution < -0.4 is 5.73 Å². The van der Waals surface area contributed by atoms with Gasteiger partial charge in [-0.3, -0.25) is 0 Å². The Kier molecular flexibility index (Phi) is 2.46. The van der Waals surface area contributed by atoms with Crippen LogP contribution in [-0.4, -0.2) is 15.6 Å². The molecule has 0 aliphatic heterocycles. The Labute approximate surface area is 113 Å². The average Bonchev–Trinajstić information content (AvgIpc) is 3.09. The van der Waals surface area contributed by atoms with E-state index in [2.05, 4.69) is 35.8 Å². The molecule has 2 N–H and O–H groups in total. The second kappa shape index (κ2) is 4.07. The molecule has 19 heavy (non-hydrogen) atoms. The molecule has 0 spiro atoms. The summed E-state index contributed by atoms with van der Waals surface area (Å²) in [7, 11) is 0. The first kappa shape index (κ1) is 11.5. The molecule has 4 atom stereocenters. The van der Waals surface area contributed by atoms with Crippen molar-refractivity contribution in [1.82, 2.24) is 9.55 Å². The van der Waals surface area contributed by atoms with Gasteiger partial charge in [0.2, 0.25) is 0 Å². The molecule has 3 heteroatoms. The molecule has 1 aromatic heterocycles. The number of hydrogen-bond donors (Lipinski definition) is 1. The van der Waals surface area contributed by atoms with Gasteiger partial charge in [-0.15, -0.1) is 0 Å². The highest BCUT2D eigenvalue weighted by Gasteiger charge is 2.48. The maximum Gasteiger partial charge on any atom is 0.114 e. The van der Waals surface area contributed by atoms with Crippen LogP contribution >= 0.6 is 0 Å². The summed E-state index contributed by atoms with van der Waals surface area (Å²) in [6.45, 7) is 3.19. The molecule has 1 aromatic carbocycles. The molecule has 0 amide bonds. The topological polar surface area (TPSA) is 43.8 Å². The lowest BCUT2D eigenvalue weighted by Gasteiger charge is -2.28. The van der Waals surface area contributed by atoms with Crippen LogP contribution in [0.3, 0.4) is 0 Å². The molecule has 2 fully saturated rings. The van der Waals surface area contributed by atoms with Gasteiger partial charge in [0, 0.05) is 18.5 Å². The first-order valence-corrected chi connectivity index (χ1v) is 7.50. The first-order chi connectivity index (χ1) is 9.29. The molecule has 4 unspecified atom stereocenters. The summed E-state index contributed by atoms with van der Waals surface area (Å²) in [5, 5.41) is 0. The van der Waals surface area contributed by atoms with Gasteiger partial charge in [-0.05, 0) is 50.2 Å². The van der Waals surface area contributed by atoms with Crippen LogP contribution in [0.5, 0.6) is 0 Å². The molecule has 100 valence electrons. The molecular weight excluding hydrogens is 234 g/mol. The first-order valence-electron chi connectivity index (χ1n) is 7.50. The number of fused-ring (bicyclic) bond motifs is 3. The molecule has 4 rings (SSSR count). The highest BCUT2D eigenvalue weighted by molar-refractivity contribution is 5.76. The van der Waals surface area contributed by atoms with Crippen LogP contribution in [0.4, 0.5) is 0 Å². The Balaban J connectivity index is 1.87. The molecule has 2 aliphatic carbocycles. The van der Waals surface area contributed by atoms with E-state index in [9.17, 15) is 0 Å². The molecule has 3 nitrogen and oxygen atoms in total. The fourth-order valence-corrected chi connectivity index (χ4v) is 4.40. The van der Waals surface area contributed by atoms with E-state index in [1.54, 1.807) is 0 Å². The lowest BCUT2D eigenvalue weighted by molar-refractivity contribution is 0.347. The zero-order chi connectivity index (χ0) is 13.0. The van der Waals surface area contributed by atoms with Gasteiger partial charge in [-0.25, -0.2) is 4.98 Å². The second-order valence-electron chi connectivity index (χ2n) is 6.14. The molecule has 2 bridgehead atoms. The van der Waals surface area contributed by atoms with Crippen LogP contribution in [0.1, 0.15) is 37.9 Å². The fraction of sp³-hybridized carbons (Fsp3) is 0.562. The maximum absolute atomic E-state index is 6.49. The summed E-state index contributed by atoms with van der Waals surface area (Å²) < 4.78 is 2.38. The van der Waals surface area contributed by atoms with E-state index in [0.29, 0.717) is 12.0 Å². The number of aromatic nitrogens is 2. The minimum Gasteiger partial charge on any atom is -0.328 e. The third-order valence-electron chi connectivity index (χ3n) is 5.28. The molecule has 2 aromatic rings. The minimum atomic E-state index is 0.320. The quantitative estimate of drug-likeness (QED) is 0.896. The number of para-hydroxylation sites is 2. The van der Waals surface area contributed by atoms with Crippen molar-refractivity contribution >= 4 is 11.0 Å². The monoisotopic (exact) mass is 255 g/mol. The second-order valence-corrected chi connectivity index (χ2v) is 6.14. The van der Waals surface area contributed by atoms with Crippen molar-refractivity contribution < 1.29 is 0 Å². The van der Waals surface area contributed by atoms with Gasteiger partial charge in [0.25, 0.3) is 0 Å². The predicted octanol–water partition coefficient (Wildman–Crippen LogP) is 2.90. The summed E-state index contributed by atoms with van der Waals surface area (Å²) in [5.41, 5.74) is 8.87. The maximum atomic E-state index is 6.49.